The summed E-state index contributed by atoms with van der Waals surface area (Å²) < 4.78 is 13.4. The summed E-state index contributed by atoms with van der Waals surface area (Å²) in [5, 5.41) is 14.0. The molecule has 7 heteroatoms. The number of pyridine rings is 1. The number of benzene rings is 1. The molecule has 1 aliphatic rings. The minimum absolute atomic E-state index is 0.137. The number of piperidine rings is 1. The third-order valence-corrected chi connectivity index (χ3v) is 4.13. The van der Waals surface area contributed by atoms with E-state index < -0.39 is 10.7 Å². The molecule has 1 aliphatic heterocycles. The van der Waals surface area contributed by atoms with Gasteiger partial charge in [-0.1, -0.05) is 0 Å². The smallest absolute Gasteiger partial charge is 0.292 e. The van der Waals surface area contributed by atoms with Crippen molar-refractivity contribution in [3.8, 4) is 0 Å². The molecule has 0 bridgehead atoms. The number of nitrogens with one attached hydrogen (secondary N) is 1. The van der Waals surface area contributed by atoms with E-state index in [0.717, 1.165) is 36.6 Å². The number of halogens is 1. The lowest BCUT2D eigenvalue weighted by Gasteiger charge is -2.27. The Balaban J connectivity index is 1.73. The van der Waals surface area contributed by atoms with Crippen molar-refractivity contribution in [3.05, 3.63) is 58.0 Å². The average Bonchev–Trinajstić information content (AvgIpc) is 2.61. The molecule has 0 saturated carbocycles. The molecule has 24 heavy (non-hydrogen) atoms. The molecule has 0 spiro atoms. The minimum Gasteiger partial charge on any atom is -0.375 e. The van der Waals surface area contributed by atoms with Gasteiger partial charge in [-0.15, -0.1) is 0 Å². The molecular weight excluding hydrogens is 311 g/mol. The van der Waals surface area contributed by atoms with Gasteiger partial charge < -0.3 is 10.2 Å². The molecule has 1 aromatic carbocycles. The monoisotopic (exact) mass is 330 g/mol. The molecular formula is C17H19FN4O2. The van der Waals surface area contributed by atoms with Crippen LogP contribution in [0.5, 0.6) is 0 Å². The van der Waals surface area contributed by atoms with Crippen LogP contribution in [0.2, 0.25) is 0 Å². The standard InChI is InChI=1S/C17H19FN4O2/c18-14-4-5-16(22(23)24)15(11-14)20-12-13-6-7-19-17(10-13)21-8-2-1-3-9-21/h4-7,10-11,20H,1-3,8-9,12H2. The van der Waals surface area contributed by atoms with E-state index in [1.165, 1.54) is 25.3 Å². The first kappa shape index (κ1) is 16.2. The number of rotatable bonds is 5. The first-order valence-electron chi connectivity index (χ1n) is 8.01. The summed E-state index contributed by atoms with van der Waals surface area (Å²) in [5.41, 5.74) is 0.988. The van der Waals surface area contributed by atoms with Crippen molar-refractivity contribution in [1.29, 1.82) is 0 Å². The van der Waals surface area contributed by atoms with E-state index in [9.17, 15) is 14.5 Å². The van der Waals surface area contributed by atoms with Gasteiger partial charge in [0.2, 0.25) is 0 Å². The molecule has 3 rings (SSSR count). The second-order valence-corrected chi connectivity index (χ2v) is 5.84. The van der Waals surface area contributed by atoms with Gasteiger partial charge in [-0.2, -0.15) is 0 Å². The largest absolute Gasteiger partial charge is 0.375 e. The lowest BCUT2D eigenvalue weighted by atomic mass is 10.1. The zero-order valence-electron chi connectivity index (χ0n) is 13.2. The molecule has 0 unspecified atom stereocenters. The van der Waals surface area contributed by atoms with E-state index in [-0.39, 0.29) is 11.4 Å². The summed E-state index contributed by atoms with van der Waals surface area (Å²) >= 11 is 0. The third kappa shape index (κ3) is 3.79. The molecule has 126 valence electrons. The SMILES string of the molecule is O=[N+]([O-])c1ccc(F)cc1NCc1ccnc(N2CCCCC2)c1. The second kappa shape index (κ2) is 7.25. The summed E-state index contributed by atoms with van der Waals surface area (Å²) in [6.07, 6.45) is 5.32. The Morgan fingerprint density at radius 2 is 2.00 bits per heavy atom. The Bertz CT molecular complexity index is 732. The van der Waals surface area contributed by atoms with Crippen molar-refractivity contribution < 1.29 is 9.31 Å². The summed E-state index contributed by atoms with van der Waals surface area (Å²) in [6, 6.07) is 7.23. The Kier molecular flexibility index (Phi) is 4.88. The summed E-state index contributed by atoms with van der Waals surface area (Å²) in [4.78, 5) is 17.2. The Labute approximate surface area is 139 Å². The van der Waals surface area contributed by atoms with Crippen LogP contribution in [0, 0.1) is 15.9 Å². The maximum absolute atomic E-state index is 13.4. The molecule has 0 amide bonds. The molecule has 0 radical (unpaired) electrons. The van der Waals surface area contributed by atoms with Gasteiger partial charge in [0.1, 0.15) is 17.3 Å². The van der Waals surface area contributed by atoms with E-state index in [1.807, 2.05) is 12.1 Å². The molecule has 2 heterocycles. The van der Waals surface area contributed by atoms with Gasteiger partial charge in [-0.05, 0) is 43.0 Å². The van der Waals surface area contributed by atoms with Crippen molar-refractivity contribution in [1.82, 2.24) is 4.98 Å². The zero-order valence-corrected chi connectivity index (χ0v) is 13.2. The molecule has 1 aromatic heterocycles. The molecule has 0 atom stereocenters. The lowest BCUT2D eigenvalue weighted by molar-refractivity contribution is -0.384. The predicted octanol–water partition coefficient (Wildman–Crippen LogP) is 3.73. The molecule has 1 saturated heterocycles. The van der Waals surface area contributed by atoms with Crippen LogP contribution in [-0.2, 0) is 6.54 Å². The van der Waals surface area contributed by atoms with E-state index in [4.69, 9.17) is 0 Å². The topological polar surface area (TPSA) is 71.3 Å². The summed E-state index contributed by atoms with van der Waals surface area (Å²) in [7, 11) is 0. The highest BCUT2D eigenvalue weighted by Crippen LogP contribution is 2.26. The maximum Gasteiger partial charge on any atom is 0.292 e. The second-order valence-electron chi connectivity index (χ2n) is 5.84. The van der Waals surface area contributed by atoms with Crippen LogP contribution in [0.25, 0.3) is 0 Å². The number of anilines is 2. The van der Waals surface area contributed by atoms with Gasteiger partial charge in [-0.3, -0.25) is 10.1 Å². The van der Waals surface area contributed by atoms with Crippen LogP contribution in [0.3, 0.4) is 0 Å². The highest BCUT2D eigenvalue weighted by molar-refractivity contribution is 5.61. The fourth-order valence-electron chi connectivity index (χ4n) is 2.87. The van der Waals surface area contributed by atoms with Crippen molar-refractivity contribution in [2.75, 3.05) is 23.3 Å². The number of hydrogen-bond donors (Lipinski definition) is 1. The van der Waals surface area contributed by atoms with E-state index in [0.29, 0.717) is 6.54 Å². The molecule has 1 fully saturated rings. The van der Waals surface area contributed by atoms with Crippen LogP contribution in [0.15, 0.2) is 36.5 Å². The van der Waals surface area contributed by atoms with Crippen LogP contribution >= 0.6 is 0 Å². The molecule has 6 nitrogen and oxygen atoms in total. The molecule has 0 aliphatic carbocycles. The fourth-order valence-corrected chi connectivity index (χ4v) is 2.87. The van der Waals surface area contributed by atoms with Gasteiger partial charge in [0, 0.05) is 38.0 Å². The van der Waals surface area contributed by atoms with Gasteiger partial charge in [0.15, 0.2) is 0 Å². The van der Waals surface area contributed by atoms with E-state index in [2.05, 4.69) is 15.2 Å². The van der Waals surface area contributed by atoms with Crippen molar-refractivity contribution >= 4 is 17.2 Å². The fraction of sp³-hybridized carbons (Fsp3) is 0.353. The highest BCUT2D eigenvalue weighted by atomic mass is 19.1. The van der Waals surface area contributed by atoms with Crippen LogP contribution < -0.4 is 10.2 Å². The summed E-state index contributed by atoms with van der Waals surface area (Å²) in [6.45, 7) is 2.37. The van der Waals surface area contributed by atoms with E-state index >= 15 is 0 Å². The first-order valence-corrected chi connectivity index (χ1v) is 8.01. The van der Waals surface area contributed by atoms with Crippen LogP contribution in [0.4, 0.5) is 21.6 Å². The van der Waals surface area contributed by atoms with Crippen molar-refractivity contribution in [2.45, 2.75) is 25.8 Å². The van der Waals surface area contributed by atoms with Crippen LogP contribution in [-0.4, -0.2) is 23.0 Å². The molecule has 1 N–H and O–H groups in total. The van der Waals surface area contributed by atoms with Gasteiger partial charge in [0.05, 0.1) is 4.92 Å². The van der Waals surface area contributed by atoms with Gasteiger partial charge >= 0.3 is 0 Å². The normalized spacial score (nSPS) is 14.5. The van der Waals surface area contributed by atoms with Crippen molar-refractivity contribution in [3.63, 3.8) is 0 Å². The Morgan fingerprint density at radius 3 is 2.75 bits per heavy atom. The number of nitro groups is 1. The number of aromatic nitrogens is 1. The van der Waals surface area contributed by atoms with Crippen molar-refractivity contribution in [2.24, 2.45) is 0 Å². The quantitative estimate of drug-likeness (QED) is 0.668. The average molecular weight is 330 g/mol. The minimum atomic E-state index is -0.520. The van der Waals surface area contributed by atoms with E-state index in [1.54, 1.807) is 6.20 Å². The highest BCUT2D eigenvalue weighted by Gasteiger charge is 2.15. The Hall–Kier alpha value is -2.70. The predicted molar refractivity (Wildman–Crippen MR) is 90.7 cm³/mol. The van der Waals surface area contributed by atoms with Crippen LogP contribution in [0.1, 0.15) is 24.8 Å². The zero-order chi connectivity index (χ0) is 16.9. The number of hydrogen-bond acceptors (Lipinski definition) is 5. The summed E-state index contributed by atoms with van der Waals surface area (Å²) in [5.74, 6) is 0.412. The maximum atomic E-state index is 13.4. The molecule has 2 aromatic rings. The third-order valence-electron chi connectivity index (χ3n) is 4.13. The van der Waals surface area contributed by atoms with Gasteiger partial charge in [0.25, 0.3) is 5.69 Å². The van der Waals surface area contributed by atoms with Gasteiger partial charge in [-0.25, -0.2) is 9.37 Å². The Morgan fingerprint density at radius 1 is 1.21 bits per heavy atom. The first-order chi connectivity index (χ1) is 11.6. The number of nitrogens with zero attached hydrogens (tertiary/aromatic N) is 3. The lowest BCUT2D eigenvalue weighted by Crippen LogP contribution is -2.30. The number of nitro benzene ring substituents is 1.